The van der Waals surface area contributed by atoms with Gasteiger partial charge in [0.15, 0.2) is 0 Å². The van der Waals surface area contributed by atoms with Crippen molar-refractivity contribution < 1.29 is 4.84 Å². The molecule has 0 saturated heterocycles. The molecule has 0 saturated carbocycles. The molecule has 1 atom stereocenters. The lowest BCUT2D eigenvalue weighted by molar-refractivity contribution is -0.0186. The summed E-state index contributed by atoms with van der Waals surface area (Å²) < 4.78 is 0. The summed E-state index contributed by atoms with van der Waals surface area (Å²) in [4.78, 5) is 4.11. The normalized spacial score (nSPS) is 16.1. The fourth-order valence-corrected chi connectivity index (χ4v) is 0.158. The van der Waals surface area contributed by atoms with Gasteiger partial charge in [-0.05, 0) is 12.3 Å². The topological polar surface area (TPSA) is 31.5 Å². The van der Waals surface area contributed by atoms with E-state index in [-0.39, 0.29) is 11.5 Å². The van der Waals surface area contributed by atoms with Gasteiger partial charge in [0.1, 0.15) is 0 Å². The van der Waals surface area contributed by atoms with Gasteiger partial charge in [0.05, 0.1) is 6.10 Å². The van der Waals surface area contributed by atoms with Crippen molar-refractivity contribution in [3.63, 3.8) is 0 Å². The van der Waals surface area contributed by atoms with Gasteiger partial charge in [-0.2, -0.15) is 0 Å². The van der Waals surface area contributed by atoms with Crippen molar-refractivity contribution in [2.24, 2.45) is 5.41 Å². The van der Waals surface area contributed by atoms with E-state index in [2.05, 4.69) is 4.84 Å². The fourth-order valence-electron chi connectivity index (χ4n) is 0.158. The van der Waals surface area contributed by atoms with Crippen LogP contribution in [-0.4, -0.2) is 6.10 Å². The minimum atomic E-state index is -0.0949. The van der Waals surface area contributed by atoms with Crippen molar-refractivity contribution in [3.8, 4) is 0 Å². The molecule has 0 spiro atoms. The van der Waals surface area contributed by atoms with Gasteiger partial charge in [-0.1, -0.05) is 20.8 Å². The Morgan fingerprint density at radius 1 is 1.38 bits per heavy atom. The third-order valence-electron chi connectivity index (χ3n) is 1.38. The molecule has 2 heteroatoms. The van der Waals surface area contributed by atoms with Gasteiger partial charge in [0.25, 0.3) is 0 Å². The van der Waals surface area contributed by atoms with Crippen molar-refractivity contribution in [2.45, 2.75) is 33.8 Å². The molecule has 0 bridgehead atoms. The Kier molecular flexibility index (Phi) is 2.44. The lowest BCUT2D eigenvalue weighted by Crippen LogP contribution is -2.25. The minimum Gasteiger partial charge on any atom is -0.260 e. The zero-order chi connectivity index (χ0) is 6.78. The van der Waals surface area contributed by atoms with Crippen molar-refractivity contribution >= 4 is 0 Å². The summed E-state index contributed by atoms with van der Waals surface area (Å²) in [5.41, 5.74) is 0.0365. The first kappa shape index (κ1) is 7.92. The van der Waals surface area contributed by atoms with Crippen molar-refractivity contribution in [3.05, 3.63) is 0 Å². The molecule has 0 fully saturated rings. The zero-order valence-corrected chi connectivity index (χ0v) is 5.93. The molecule has 8 heavy (non-hydrogen) atoms. The maximum atomic E-state index is 8.17. The van der Waals surface area contributed by atoms with E-state index in [0.717, 1.165) is 0 Å². The van der Waals surface area contributed by atoms with Gasteiger partial charge in [-0.25, -0.2) is 0 Å². The number of hydrogen-bond acceptors (Lipinski definition) is 1. The molecule has 0 N–H and O–H groups in total. The summed E-state index contributed by atoms with van der Waals surface area (Å²) in [5.74, 6) is 8.17. The molecule has 1 unspecified atom stereocenters. The third-order valence-corrected chi connectivity index (χ3v) is 1.38. The van der Waals surface area contributed by atoms with Crippen LogP contribution in [0.1, 0.15) is 27.7 Å². The highest BCUT2D eigenvalue weighted by molar-refractivity contribution is 4.68. The Bertz CT molecular complexity index is 65.4. The molecule has 0 aliphatic heterocycles. The quantitative estimate of drug-likeness (QED) is 0.475. The van der Waals surface area contributed by atoms with Crippen LogP contribution in [-0.2, 0) is 4.84 Å². The zero-order valence-electron chi connectivity index (χ0n) is 5.93. The average Bonchev–Trinajstić information content (AvgIpc) is 1.62. The predicted octanol–water partition coefficient (Wildman–Crippen LogP) is 1.42. The summed E-state index contributed by atoms with van der Waals surface area (Å²) in [6, 6.07) is 0. The molecular formula is C6H13NO. The van der Waals surface area contributed by atoms with Crippen LogP contribution >= 0.6 is 0 Å². The van der Waals surface area contributed by atoms with Crippen molar-refractivity contribution in [2.75, 3.05) is 0 Å². The van der Waals surface area contributed by atoms with Crippen LogP contribution < -0.4 is 5.90 Å². The first-order chi connectivity index (χ1) is 3.48. The van der Waals surface area contributed by atoms with E-state index < -0.39 is 0 Å². The molecule has 0 aliphatic carbocycles. The predicted molar refractivity (Wildman–Crippen MR) is 32.1 cm³/mol. The van der Waals surface area contributed by atoms with Gasteiger partial charge >= 0.3 is 0 Å². The Hall–Kier alpha value is -0.0800. The Labute approximate surface area is 51.0 Å². The fraction of sp³-hybridized carbons (Fsp3) is 1.00. The Balaban J connectivity index is 3.62. The molecule has 2 radical (unpaired) electrons. The second kappa shape index (κ2) is 2.46. The number of nitrogens with zero attached hydrogens (tertiary/aromatic N) is 1. The van der Waals surface area contributed by atoms with Crippen LogP contribution in [0.15, 0.2) is 0 Å². The Morgan fingerprint density at radius 3 is 1.75 bits per heavy atom. The molecule has 0 aromatic carbocycles. The highest BCUT2D eigenvalue weighted by Gasteiger charge is 2.19. The number of rotatable bonds is 1. The smallest absolute Gasteiger partial charge is 0.0848 e. The Morgan fingerprint density at radius 2 is 1.75 bits per heavy atom. The highest BCUT2D eigenvalue weighted by Crippen LogP contribution is 2.19. The second-order valence-electron chi connectivity index (χ2n) is 3.11. The largest absolute Gasteiger partial charge is 0.260 e. The van der Waals surface area contributed by atoms with Gasteiger partial charge in [-0.15, -0.1) is 0 Å². The first-order valence-corrected chi connectivity index (χ1v) is 2.78. The second-order valence-corrected chi connectivity index (χ2v) is 3.11. The van der Waals surface area contributed by atoms with Crippen LogP contribution in [0, 0.1) is 5.41 Å². The van der Waals surface area contributed by atoms with Crippen LogP contribution in [0.2, 0.25) is 0 Å². The monoisotopic (exact) mass is 115 g/mol. The van der Waals surface area contributed by atoms with E-state index in [9.17, 15) is 0 Å². The molecule has 0 rings (SSSR count). The molecule has 0 aromatic rings. The third kappa shape index (κ3) is 2.28. The average molecular weight is 115 g/mol. The van der Waals surface area contributed by atoms with Gasteiger partial charge in [0.2, 0.25) is 0 Å². The van der Waals surface area contributed by atoms with E-state index in [1.807, 2.05) is 27.7 Å². The molecule has 0 amide bonds. The van der Waals surface area contributed by atoms with Gasteiger partial charge < -0.3 is 0 Å². The van der Waals surface area contributed by atoms with Gasteiger partial charge in [-0.3, -0.25) is 4.84 Å². The van der Waals surface area contributed by atoms with E-state index in [0.29, 0.717) is 0 Å². The standard InChI is InChI=1S/C6H13NO/c1-5(8-7)6(2,3)4/h5H,1-4H3. The molecule has 0 aliphatic rings. The van der Waals surface area contributed by atoms with E-state index in [1.165, 1.54) is 0 Å². The summed E-state index contributed by atoms with van der Waals surface area (Å²) in [5, 5.41) is 0. The van der Waals surface area contributed by atoms with Crippen molar-refractivity contribution in [1.29, 1.82) is 0 Å². The molecule has 0 heterocycles. The van der Waals surface area contributed by atoms with Crippen molar-refractivity contribution in [1.82, 2.24) is 5.90 Å². The maximum absolute atomic E-state index is 8.17. The van der Waals surface area contributed by atoms with Gasteiger partial charge in [0, 0.05) is 5.90 Å². The SMILES string of the molecule is CC(O[N])C(C)(C)C. The lowest BCUT2D eigenvalue weighted by Gasteiger charge is -2.23. The lowest BCUT2D eigenvalue weighted by atomic mass is 9.90. The maximum Gasteiger partial charge on any atom is 0.0848 e. The first-order valence-electron chi connectivity index (χ1n) is 2.78. The van der Waals surface area contributed by atoms with E-state index in [1.54, 1.807) is 0 Å². The summed E-state index contributed by atoms with van der Waals surface area (Å²) in [6.45, 7) is 7.86. The van der Waals surface area contributed by atoms with E-state index in [4.69, 9.17) is 5.90 Å². The van der Waals surface area contributed by atoms with Crippen LogP contribution in [0.25, 0.3) is 0 Å². The summed E-state index contributed by atoms with van der Waals surface area (Å²) >= 11 is 0. The highest BCUT2D eigenvalue weighted by atomic mass is 16.6. The van der Waals surface area contributed by atoms with E-state index >= 15 is 0 Å². The molecule has 0 aromatic heterocycles. The molecular weight excluding hydrogens is 102 g/mol. The van der Waals surface area contributed by atoms with Crippen LogP contribution in [0.4, 0.5) is 0 Å². The van der Waals surface area contributed by atoms with Crippen LogP contribution in [0.3, 0.4) is 0 Å². The minimum absolute atomic E-state index is 0.0365. The van der Waals surface area contributed by atoms with Crippen LogP contribution in [0.5, 0.6) is 0 Å². The molecule has 48 valence electrons. The summed E-state index contributed by atoms with van der Waals surface area (Å²) in [7, 11) is 0. The number of hydrogen-bond donors (Lipinski definition) is 0. The molecule has 2 nitrogen and oxygen atoms in total. The summed E-state index contributed by atoms with van der Waals surface area (Å²) in [6.07, 6.45) is -0.0949.